The van der Waals surface area contributed by atoms with Crippen LogP contribution in [-0.4, -0.2) is 112 Å². The molecule has 2 unspecified atom stereocenters. The normalized spacial score (nSPS) is 21.2. The van der Waals surface area contributed by atoms with Gasteiger partial charge >= 0.3 is 16.4 Å². The summed E-state index contributed by atoms with van der Waals surface area (Å²) < 4.78 is 57.0. The summed E-state index contributed by atoms with van der Waals surface area (Å²) in [7, 11) is -4.79. The van der Waals surface area contributed by atoms with Crippen LogP contribution in [0, 0.1) is 0 Å². The van der Waals surface area contributed by atoms with E-state index in [-0.39, 0.29) is 24.5 Å². The van der Waals surface area contributed by atoms with Gasteiger partial charge in [-0.1, -0.05) is 12.8 Å². The molecular formula is C22H40N2O12S. The Kier molecular flexibility index (Phi) is 16.0. The zero-order chi connectivity index (χ0) is 27.7. The lowest BCUT2D eigenvalue weighted by Gasteiger charge is -2.12. The van der Waals surface area contributed by atoms with Gasteiger partial charge in [-0.05, 0) is 31.4 Å². The summed E-state index contributed by atoms with van der Waals surface area (Å²) in [6, 6.07) is 0. The summed E-state index contributed by atoms with van der Waals surface area (Å²) in [5.74, 6) is -1.62. The zero-order valence-corrected chi connectivity index (χ0v) is 21.9. The number of carbonyl (C=O) groups is 2. The van der Waals surface area contributed by atoms with Gasteiger partial charge in [0.2, 0.25) is 5.91 Å². The van der Waals surface area contributed by atoms with Crippen LogP contribution in [0.1, 0.15) is 39.0 Å². The van der Waals surface area contributed by atoms with Crippen molar-refractivity contribution in [2.45, 2.75) is 56.8 Å². The lowest BCUT2D eigenvalue weighted by Crippen LogP contribution is -2.25. The Morgan fingerprint density at radius 1 is 1.03 bits per heavy atom. The van der Waals surface area contributed by atoms with Crippen molar-refractivity contribution in [3.63, 3.8) is 0 Å². The molecule has 0 spiro atoms. The van der Waals surface area contributed by atoms with Gasteiger partial charge in [0, 0.05) is 26.1 Å². The van der Waals surface area contributed by atoms with Crippen LogP contribution in [0.4, 0.5) is 0 Å². The van der Waals surface area contributed by atoms with E-state index >= 15 is 0 Å². The Hall–Kier alpha value is -1.69. The number of carboxylic acid groups (broad SMARTS) is 1. The molecule has 1 aliphatic rings. The molecule has 1 saturated carbocycles. The first-order valence-electron chi connectivity index (χ1n) is 12.1. The van der Waals surface area contributed by atoms with Crippen LogP contribution in [0.5, 0.6) is 0 Å². The summed E-state index contributed by atoms with van der Waals surface area (Å²) >= 11 is 0. The summed E-state index contributed by atoms with van der Waals surface area (Å²) in [4.78, 5) is 22.6. The lowest BCUT2D eigenvalue weighted by atomic mass is 10.2. The Labute approximate surface area is 217 Å². The third-order valence-corrected chi connectivity index (χ3v) is 5.79. The van der Waals surface area contributed by atoms with Crippen molar-refractivity contribution in [1.29, 1.82) is 0 Å². The van der Waals surface area contributed by atoms with Crippen molar-refractivity contribution in [3.8, 4) is 0 Å². The monoisotopic (exact) mass is 556 g/mol. The van der Waals surface area contributed by atoms with Crippen LogP contribution < -0.4 is 11.1 Å². The van der Waals surface area contributed by atoms with E-state index in [1.165, 1.54) is 6.92 Å². The first-order valence-corrected chi connectivity index (χ1v) is 13.5. The van der Waals surface area contributed by atoms with Crippen molar-refractivity contribution >= 4 is 22.3 Å². The third kappa shape index (κ3) is 14.7. The van der Waals surface area contributed by atoms with Crippen LogP contribution in [0.2, 0.25) is 0 Å². The van der Waals surface area contributed by atoms with E-state index in [0.29, 0.717) is 59.2 Å². The Balaban J connectivity index is 2.09. The van der Waals surface area contributed by atoms with Gasteiger partial charge in [-0.3, -0.25) is 9.35 Å². The Morgan fingerprint density at radius 2 is 1.62 bits per heavy atom. The average molecular weight is 557 g/mol. The second-order valence-corrected chi connectivity index (χ2v) is 9.45. The molecule has 1 fully saturated rings. The van der Waals surface area contributed by atoms with E-state index in [2.05, 4.69) is 9.50 Å². The maximum atomic E-state index is 11.8. The number of hydrogen-bond acceptors (Lipinski definition) is 11. The number of ether oxygens (including phenoxy) is 4. The van der Waals surface area contributed by atoms with Gasteiger partial charge in [-0.15, -0.1) is 0 Å². The highest BCUT2D eigenvalue weighted by Gasteiger charge is 2.61. The molecule has 1 amide bonds. The lowest BCUT2D eigenvalue weighted by molar-refractivity contribution is -0.144. The fourth-order valence-corrected chi connectivity index (χ4v) is 3.83. The highest BCUT2D eigenvalue weighted by molar-refractivity contribution is 7.80. The number of nitrogens with one attached hydrogen (secondary N) is 1. The smallest absolute Gasteiger partial charge is 0.398 e. The van der Waals surface area contributed by atoms with Gasteiger partial charge in [-0.2, -0.15) is 8.42 Å². The topological polar surface area (TPSA) is 213 Å². The van der Waals surface area contributed by atoms with E-state index in [1.807, 2.05) is 0 Å². The van der Waals surface area contributed by atoms with E-state index in [4.69, 9.17) is 34.3 Å². The molecule has 0 saturated heterocycles. The SMILES string of the molecule is CC1(OCCCCCCNC(=O)CCOCCOCCOCCN)C(=CC(O)C(=O)O)[C@@H]1OS(=O)(=O)O. The fraction of sp³-hybridized carbons (Fsp3) is 0.818. The van der Waals surface area contributed by atoms with E-state index in [9.17, 15) is 23.1 Å². The van der Waals surface area contributed by atoms with Gasteiger partial charge in [0.05, 0.1) is 39.6 Å². The number of nitrogens with two attached hydrogens (primary N) is 1. The molecule has 15 heteroatoms. The molecule has 0 aliphatic heterocycles. The largest absolute Gasteiger partial charge is 0.479 e. The van der Waals surface area contributed by atoms with Crippen LogP contribution >= 0.6 is 0 Å². The molecule has 1 aliphatic carbocycles. The molecule has 0 aromatic heterocycles. The molecule has 3 atom stereocenters. The number of amides is 1. The summed E-state index contributed by atoms with van der Waals surface area (Å²) in [6.45, 7) is 5.27. The molecule has 0 aromatic rings. The standard InChI is InChI=1S/C22H40N2O12S/c1-22(17(16-18(25)21(27)28)20(22)36-37(29,30)31)35-9-5-3-2-4-8-24-19(26)6-10-32-12-14-34-15-13-33-11-7-23/h16,18,20,25H,2-15,23H2,1H3,(H,24,26)(H,27,28)(H,29,30,31)/t18?,20-,22?/m0/s1. The first-order chi connectivity index (χ1) is 17.5. The minimum atomic E-state index is -4.79. The van der Waals surface area contributed by atoms with Crippen LogP contribution in [0.3, 0.4) is 0 Å². The maximum Gasteiger partial charge on any atom is 0.398 e. The molecule has 1 rings (SSSR count). The zero-order valence-electron chi connectivity index (χ0n) is 21.1. The second kappa shape index (κ2) is 17.8. The maximum absolute atomic E-state index is 11.8. The van der Waals surface area contributed by atoms with E-state index < -0.39 is 34.2 Å². The summed E-state index contributed by atoms with van der Waals surface area (Å²) in [5.41, 5.74) is 4.15. The first kappa shape index (κ1) is 33.3. The predicted octanol–water partition coefficient (Wildman–Crippen LogP) is -0.590. The Morgan fingerprint density at radius 3 is 2.22 bits per heavy atom. The second-order valence-electron chi connectivity index (χ2n) is 8.40. The Bertz CT molecular complexity index is 822. The average Bonchev–Trinajstić information content (AvgIpc) is 3.35. The summed E-state index contributed by atoms with van der Waals surface area (Å²) in [5, 5.41) is 21.1. The van der Waals surface area contributed by atoms with Gasteiger partial charge in [0.25, 0.3) is 0 Å². The highest BCUT2D eigenvalue weighted by atomic mass is 32.3. The molecule has 0 heterocycles. The van der Waals surface area contributed by atoms with Crippen molar-refractivity contribution in [2.75, 3.05) is 59.3 Å². The van der Waals surface area contributed by atoms with Gasteiger partial charge in [0.1, 0.15) is 11.7 Å². The van der Waals surface area contributed by atoms with Crippen LogP contribution in [-0.2, 0) is 43.1 Å². The number of unbranched alkanes of at least 4 members (excludes halogenated alkanes) is 3. The number of rotatable bonds is 23. The number of carboxylic acids is 1. The van der Waals surface area contributed by atoms with Crippen LogP contribution in [0.15, 0.2) is 11.6 Å². The number of aliphatic hydroxyl groups is 1. The summed E-state index contributed by atoms with van der Waals surface area (Å²) in [6.07, 6.45) is 1.07. The van der Waals surface area contributed by atoms with E-state index in [1.54, 1.807) is 0 Å². The predicted molar refractivity (Wildman–Crippen MR) is 130 cm³/mol. The molecular weight excluding hydrogens is 516 g/mol. The van der Waals surface area contributed by atoms with Crippen molar-refractivity contribution in [2.24, 2.45) is 5.73 Å². The molecule has 0 radical (unpaired) electrons. The number of hydrogen-bond donors (Lipinski definition) is 5. The highest BCUT2D eigenvalue weighted by Crippen LogP contribution is 2.49. The van der Waals surface area contributed by atoms with Crippen molar-refractivity contribution < 1.29 is 55.9 Å². The van der Waals surface area contributed by atoms with Gasteiger partial charge in [-0.25, -0.2) is 8.98 Å². The number of carbonyl (C=O) groups excluding carboxylic acids is 1. The van der Waals surface area contributed by atoms with Crippen LogP contribution in [0.25, 0.3) is 0 Å². The molecule has 37 heavy (non-hydrogen) atoms. The molecule has 14 nitrogen and oxygen atoms in total. The minimum absolute atomic E-state index is 0.103. The minimum Gasteiger partial charge on any atom is -0.479 e. The molecule has 0 aromatic carbocycles. The van der Waals surface area contributed by atoms with Crippen molar-refractivity contribution in [1.82, 2.24) is 5.32 Å². The fourth-order valence-electron chi connectivity index (χ4n) is 3.30. The van der Waals surface area contributed by atoms with Gasteiger partial charge < -0.3 is 40.2 Å². The molecule has 216 valence electrons. The quantitative estimate of drug-likeness (QED) is 0.0605. The number of aliphatic hydroxyl groups excluding tert-OH is 1. The van der Waals surface area contributed by atoms with E-state index in [0.717, 1.165) is 25.3 Å². The van der Waals surface area contributed by atoms with Crippen molar-refractivity contribution in [3.05, 3.63) is 11.6 Å². The van der Waals surface area contributed by atoms with Gasteiger partial charge in [0.15, 0.2) is 6.10 Å². The number of aliphatic carboxylic acids is 1. The third-order valence-electron chi connectivity index (χ3n) is 5.36. The molecule has 6 N–H and O–H groups in total. The molecule has 0 bridgehead atoms.